The molecular weight excluding hydrogens is 294 g/mol. The van der Waals surface area contributed by atoms with E-state index in [-0.39, 0.29) is 0 Å². The number of rotatable bonds is 3. The van der Waals surface area contributed by atoms with Crippen LogP contribution in [0.15, 0.2) is 33.3 Å². The van der Waals surface area contributed by atoms with Crippen molar-refractivity contribution in [1.29, 1.82) is 0 Å². The standard InChI is InChI=1S/C13H14BrN3O/c1-13(15,9-5-6-9)12-16-11(17-18-12)8-3-2-4-10(14)7-8/h2-4,7,9H,5-6,15H2,1H3. The Kier molecular flexibility index (Phi) is 2.75. The molecule has 0 bridgehead atoms. The molecule has 1 aliphatic rings. The number of nitrogens with two attached hydrogens (primary N) is 1. The van der Waals surface area contributed by atoms with Gasteiger partial charge in [0.1, 0.15) is 0 Å². The summed E-state index contributed by atoms with van der Waals surface area (Å²) >= 11 is 3.43. The van der Waals surface area contributed by atoms with E-state index in [4.69, 9.17) is 10.3 Å². The highest BCUT2D eigenvalue weighted by Crippen LogP contribution is 2.43. The molecule has 0 radical (unpaired) electrons. The van der Waals surface area contributed by atoms with Crippen molar-refractivity contribution in [3.63, 3.8) is 0 Å². The molecule has 1 fully saturated rings. The molecule has 2 aromatic rings. The van der Waals surface area contributed by atoms with Gasteiger partial charge in [0.25, 0.3) is 0 Å². The van der Waals surface area contributed by atoms with E-state index in [0.717, 1.165) is 22.9 Å². The molecule has 1 unspecified atom stereocenters. The average Bonchev–Trinajstić information content (AvgIpc) is 3.07. The third kappa shape index (κ3) is 2.08. The van der Waals surface area contributed by atoms with Crippen LogP contribution in [0.5, 0.6) is 0 Å². The first kappa shape index (κ1) is 11.9. The second-order valence-electron chi connectivity index (χ2n) is 4.99. The third-order valence-corrected chi connectivity index (χ3v) is 3.89. The predicted molar refractivity (Wildman–Crippen MR) is 71.7 cm³/mol. The Morgan fingerprint density at radius 3 is 2.89 bits per heavy atom. The van der Waals surface area contributed by atoms with Gasteiger partial charge in [0, 0.05) is 10.0 Å². The zero-order valence-electron chi connectivity index (χ0n) is 10.1. The van der Waals surface area contributed by atoms with Gasteiger partial charge in [-0.3, -0.25) is 0 Å². The largest absolute Gasteiger partial charge is 0.337 e. The Morgan fingerprint density at radius 1 is 1.44 bits per heavy atom. The Bertz CT molecular complexity index is 575. The maximum atomic E-state index is 6.26. The Labute approximate surface area is 114 Å². The highest BCUT2D eigenvalue weighted by molar-refractivity contribution is 9.10. The van der Waals surface area contributed by atoms with Crippen molar-refractivity contribution in [2.24, 2.45) is 11.7 Å². The molecular formula is C13H14BrN3O. The van der Waals surface area contributed by atoms with Crippen molar-refractivity contribution in [2.45, 2.75) is 25.3 Å². The van der Waals surface area contributed by atoms with Crippen LogP contribution >= 0.6 is 15.9 Å². The second-order valence-corrected chi connectivity index (χ2v) is 5.91. The molecule has 0 amide bonds. The van der Waals surface area contributed by atoms with Crippen molar-refractivity contribution >= 4 is 15.9 Å². The van der Waals surface area contributed by atoms with E-state index in [2.05, 4.69) is 26.1 Å². The molecule has 2 N–H and O–H groups in total. The minimum absolute atomic E-state index is 0.466. The van der Waals surface area contributed by atoms with Crippen molar-refractivity contribution in [2.75, 3.05) is 0 Å². The molecule has 0 spiro atoms. The molecule has 1 atom stereocenters. The minimum atomic E-state index is -0.503. The normalized spacial score (nSPS) is 18.6. The van der Waals surface area contributed by atoms with E-state index in [9.17, 15) is 0 Å². The van der Waals surface area contributed by atoms with Gasteiger partial charge in [0.05, 0.1) is 5.54 Å². The van der Waals surface area contributed by atoms with Crippen LogP contribution in [-0.2, 0) is 5.54 Å². The van der Waals surface area contributed by atoms with E-state index < -0.39 is 5.54 Å². The number of benzene rings is 1. The minimum Gasteiger partial charge on any atom is -0.337 e. The fourth-order valence-electron chi connectivity index (χ4n) is 2.04. The molecule has 18 heavy (non-hydrogen) atoms. The van der Waals surface area contributed by atoms with Gasteiger partial charge in [0.15, 0.2) is 0 Å². The molecule has 0 aliphatic heterocycles. The quantitative estimate of drug-likeness (QED) is 0.946. The van der Waals surface area contributed by atoms with Crippen LogP contribution in [0.4, 0.5) is 0 Å². The SMILES string of the molecule is CC(N)(c1nc(-c2cccc(Br)c2)no1)C1CC1. The molecule has 5 heteroatoms. The van der Waals surface area contributed by atoms with Crippen LogP contribution in [0, 0.1) is 5.92 Å². The summed E-state index contributed by atoms with van der Waals surface area (Å²) < 4.78 is 6.31. The van der Waals surface area contributed by atoms with E-state index >= 15 is 0 Å². The fraction of sp³-hybridized carbons (Fsp3) is 0.385. The van der Waals surface area contributed by atoms with Crippen molar-refractivity contribution < 1.29 is 4.52 Å². The summed E-state index contributed by atoms with van der Waals surface area (Å²) in [6.07, 6.45) is 2.28. The molecule has 94 valence electrons. The molecule has 1 aromatic heterocycles. The Hall–Kier alpha value is -1.20. The number of nitrogens with zero attached hydrogens (tertiary/aromatic N) is 2. The summed E-state index contributed by atoms with van der Waals surface area (Å²) in [6.45, 7) is 1.96. The molecule has 0 saturated heterocycles. The van der Waals surface area contributed by atoms with Crippen LogP contribution in [0.3, 0.4) is 0 Å². The summed E-state index contributed by atoms with van der Waals surface area (Å²) in [6, 6.07) is 7.81. The number of halogens is 1. The number of aromatic nitrogens is 2. The summed E-state index contributed by atoms with van der Waals surface area (Å²) in [5.74, 6) is 1.58. The van der Waals surface area contributed by atoms with Crippen molar-refractivity contribution in [1.82, 2.24) is 10.1 Å². The van der Waals surface area contributed by atoms with Crippen LogP contribution in [0.1, 0.15) is 25.7 Å². The monoisotopic (exact) mass is 307 g/mol. The second kappa shape index (κ2) is 4.17. The van der Waals surface area contributed by atoms with Crippen molar-refractivity contribution in [3.05, 3.63) is 34.6 Å². The average molecular weight is 308 g/mol. The lowest BCUT2D eigenvalue weighted by Crippen LogP contribution is -2.35. The van der Waals surface area contributed by atoms with Gasteiger partial charge in [-0.15, -0.1) is 0 Å². The smallest absolute Gasteiger partial charge is 0.247 e. The highest BCUT2D eigenvalue weighted by atomic mass is 79.9. The predicted octanol–water partition coefficient (Wildman–Crippen LogP) is 3.08. The molecule has 1 aromatic carbocycles. The van der Waals surface area contributed by atoms with E-state index in [0.29, 0.717) is 17.6 Å². The number of hydrogen-bond acceptors (Lipinski definition) is 4. The van der Waals surface area contributed by atoms with E-state index in [1.54, 1.807) is 0 Å². The molecule has 1 aliphatic carbocycles. The molecule has 1 heterocycles. The summed E-state index contributed by atoms with van der Waals surface area (Å²) in [5, 5.41) is 4.02. The first-order valence-corrected chi connectivity index (χ1v) is 6.75. The van der Waals surface area contributed by atoms with Gasteiger partial charge in [-0.05, 0) is 37.8 Å². The van der Waals surface area contributed by atoms with E-state index in [1.165, 1.54) is 0 Å². The van der Waals surface area contributed by atoms with Crippen LogP contribution < -0.4 is 5.73 Å². The maximum absolute atomic E-state index is 6.26. The van der Waals surface area contributed by atoms with Crippen LogP contribution in [-0.4, -0.2) is 10.1 Å². The van der Waals surface area contributed by atoms with Crippen LogP contribution in [0.25, 0.3) is 11.4 Å². The van der Waals surface area contributed by atoms with Gasteiger partial charge in [-0.25, -0.2) is 0 Å². The van der Waals surface area contributed by atoms with Crippen molar-refractivity contribution in [3.8, 4) is 11.4 Å². The molecule has 3 rings (SSSR count). The Balaban J connectivity index is 1.94. The van der Waals surface area contributed by atoms with Gasteiger partial charge in [-0.2, -0.15) is 4.98 Å². The lowest BCUT2D eigenvalue weighted by molar-refractivity contribution is 0.273. The number of hydrogen-bond donors (Lipinski definition) is 1. The van der Waals surface area contributed by atoms with E-state index in [1.807, 2.05) is 31.2 Å². The summed E-state index contributed by atoms with van der Waals surface area (Å²) in [4.78, 5) is 4.43. The summed E-state index contributed by atoms with van der Waals surface area (Å²) in [5.41, 5.74) is 6.68. The van der Waals surface area contributed by atoms with Gasteiger partial charge < -0.3 is 10.3 Å². The topological polar surface area (TPSA) is 64.9 Å². The first-order chi connectivity index (χ1) is 8.57. The van der Waals surface area contributed by atoms with Gasteiger partial charge in [0.2, 0.25) is 11.7 Å². The molecule has 4 nitrogen and oxygen atoms in total. The maximum Gasteiger partial charge on any atom is 0.247 e. The fourth-order valence-corrected chi connectivity index (χ4v) is 2.44. The van der Waals surface area contributed by atoms with Gasteiger partial charge >= 0.3 is 0 Å². The summed E-state index contributed by atoms with van der Waals surface area (Å²) in [7, 11) is 0. The zero-order chi connectivity index (χ0) is 12.8. The lowest BCUT2D eigenvalue weighted by Gasteiger charge is -2.18. The lowest BCUT2D eigenvalue weighted by atomic mass is 9.97. The highest BCUT2D eigenvalue weighted by Gasteiger charge is 2.43. The third-order valence-electron chi connectivity index (χ3n) is 3.40. The zero-order valence-corrected chi connectivity index (χ0v) is 11.6. The van der Waals surface area contributed by atoms with Crippen LogP contribution in [0.2, 0.25) is 0 Å². The Morgan fingerprint density at radius 2 is 2.22 bits per heavy atom. The first-order valence-electron chi connectivity index (χ1n) is 5.96. The molecule has 1 saturated carbocycles. The van der Waals surface area contributed by atoms with Gasteiger partial charge in [-0.1, -0.05) is 33.2 Å².